The quantitative estimate of drug-likeness (QED) is 0.767. The third-order valence-electron chi connectivity index (χ3n) is 3.26. The molecule has 1 aliphatic heterocycles. The molecule has 94 valence electrons. The van der Waals surface area contributed by atoms with Crippen LogP contribution in [0.3, 0.4) is 0 Å². The molecule has 1 fully saturated rings. The van der Waals surface area contributed by atoms with Crippen molar-refractivity contribution in [1.82, 2.24) is 5.32 Å². The molecule has 1 atom stereocenters. The molecule has 3 heteroatoms. The van der Waals surface area contributed by atoms with Gasteiger partial charge in [-0.05, 0) is 49.5 Å². The molecule has 0 aliphatic carbocycles. The molecule has 0 radical (unpaired) electrons. The fraction of sp³-hybridized carbons (Fsp3) is 0.571. The first-order chi connectivity index (χ1) is 8.38. The second kappa shape index (κ2) is 6.62. The summed E-state index contributed by atoms with van der Waals surface area (Å²) < 4.78 is 10.8. The van der Waals surface area contributed by atoms with Crippen LogP contribution in [0, 0.1) is 5.92 Å². The zero-order valence-electron chi connectivity index (χ0n) is 10.4. The van der Waals surface area contributed by atoms with Crippen molar-refractivity contribution in [2.75, 3.05) is 26.8 Å². The van der Waals surface area contributed by atoms with Crippen molar-refractivity contribution >= 4 is 0 Å². The smallest absolute Gasteiger partial charge is 0.118 e. The number of benzene rings is 1. The Hall–Kier alpha value is -1.06. The number of rotatable bonds is 6. The van der Waals surface area contributed by atoms with Crippen LogP contribution in [-0.2, 0) is 11.3 Å². The van der Waals surface area contributed by atoms with Gasteiger partial charge >= 0.3 is 0 Å². The largest absolute Gasteiger partial charge is 0.497 e. The van der Waals surface area contributed by atoms with E-state index in [1.165, 1.54) is 24.9 Å². The van der Waals surface area contributed by atoms with Crippen LogP contribution in [-0.4, -0.2) is 26.8 Å². The van der Waals surface area contributed by atoms with E-state index in [2.05, 4.69) is 17.4 Å². The number of hydrogen-bond donors (Lipinski definition) is 1. The molecule has 0 amide bonds. The van der Waals surface area contributed by atoms with Gasteiger partial charge in [0.05, 0.1) is 13.7 Å². The normalized spacial score (nSPS) is 19.5. The lowest BCUT2D eigenvalue weighted by Gasteiger charge is -2.09. The lowest BCUT2D eigenvalue weighted by Crippen LogP contribution is -2.10. The van der Waals surface area contributed by atoms with E-state index in [0.29, 0.717) is 6.61 Å². The first kappa shape index (κ1) is 12.4. The van der Waals surface area contributed by atoms with Crippen molar-refractivity contribution in [3.8, 4) is 5.75 Å². The van der Waals surface area contributed by atoms with Gasteiger partial charge in [0.2, 0.25) is 0 Å². The van der Waals surface area contributed by atoms with Gasteiger partial charge in [0.1, 0.15) is 5.75 Å². The fourth-order valence-corrected chi connectivity index (χ4v) is 2.12. The Morgan fingerprint density at radius 2 is 2.12 bits per heavy atom. The minimum atomic E-state index is 0.699. The molecular weight excluding hydrogens is 214 g/mol. The van der Waals surface area contributed by atoms with Gasteiger partial charge < -0.3 is 14.8 Å². The summed E-state index contributed by atoms with van der Waals surface area (Å²) in [4.78, 5) is 0. The lowest BCUT2D eigenvalue weighted by molar-refractivity contribution is 0.109. The van der Waals surface area contributed by atoms with E-state index in [1.54, 1.807) is 7.11 Å². The van der Waals surface area contributed by atoms with Gasteiger partial charge in [-0.15, -0.1) is 0 Å². The standard InChI is InChI=1S/C14H21NO2/c1-16-14-4-2-13(3-5-14)11-17-9-7-12-6-8-15-10-12/h2-5,12,15H,6-11H2,1H3. The Labute approximate surface area is 103 Å². The zero-order chi connectivity index (χ0) is 11.9. The van der Waals surface area contributed by atoms with Crippen molar-refractivity contribution in [1.29, 1.82) is 0 Å². The molecule has 1 aliphatic rings. The molecule has 1 aromatic carbocycles. The fourth-order valence-electron chi connectivity index (χ4n) is 2.12. The lowest BCUT2D eigenvalue weighted by atomic mass is 10.1. The van der Waals surface area contributed by atoms with Crippen LogP contribution in [0.25, 0.3) is 0 Å². The average molecular weight is 235 g/mol. The minimum absolute atomic E-state index is 0.699. The van der Waals surface area contributed by atoms with Crippen LogP contribution in [0.2, 0.25) is 0 Å². The van der Waals surface area contributed by atoms with E-state index < -0.39 is 0 Å². The van der Waals surface area contributed by atoms with Crippen LogP contribution in [0.5, 0.6) is 5.75 Å². The summed E-state index contributed by atoms with van der Waals surface area (Å²) in [6.45, 7) is 3.89. The second-order valence-corrected chi connectivity index (χ2v) is 4.55. The monoisotopic (exact) mass is 235 g/mol. The predicted molar refractivity (Wildman–Crippen MR) is 68.2 cm³/mol. The Morgan fingerprint density at radius 3 is 2.76 bits per heavy atom. The van der Waals surface area contributed by atoms with Gasteiger partial charge in [0, 0.05) is 6.61 Å². The summed E-state index contributed by atoms with van der Waals surface area (Å²) in [5.74, 6) is 1.71. The van der Waals surface area contributed by atoms with Gasteiger partial charge in [-0.3, -0.25) is 0 Å². The summed E-state index contributed by atoms with van der Waals surface area (Å²) in [5, 5.41) is 3.37. The van der Waals surface area contributed by atoms with Gasteiger partial charge in [-0.25, -0.2) is 0 Å². The summed E-state index contributed by atoms with van der Waals surface area (Å²) in [6, 6.07) is 8.05. The number of methoxy groups -OCH3 is 1. The molecule has 1 heterocycles. The van der Waals surface area contributed by atoms with Gasteiger partial charge in [-0.1, -0.05) is 12.1 Å². The highest BCUT2D eigenvalue weighted by Crippen LogP contribution is 2.14. The van der Waals surface area contributed by atoms with E-state index in [4.69, 9.17) is 9.47 Å². The van der Waals surface area contributed by atoms with Crippen molar-refractivity contribution < 1.29 is 9.47 Å². The highest BCUT2D eigenvalue weighted by Gasteiger charge is 2.13. The summed E-state index contributed by atoms with van der Waals surface area (Å²) in [5.41, 5.74) is 1.20. The SMILES string of the molecule is COc1ccc(COCCC2CCNC2)cc1. The third-order valence-corrected chi connectivity index (χ3v) is 3.26. The van der Waals surface area contributed by atoms with Crippen LogP contribution in [0.4, 0.5) is 0 Å². The Bertz CT molecular complexity index is 317. The van der Waals surface area contributed by atoms with E-state index in [-0.39, 0.29) is 0 Å². The van der Waals surface area contributed by atoms with E-state index in [1.807, 2.05) is 12.1 Å². The molecule has 1 aromatic rings. The zero-order valence-corrected chi connectivity index (χ0v) is 10.4. The Kier molecular flexibility index (Phi) is 4.83. The summed E-state index contributed by atoms with van der Waals surface area (Å²) in [6.07, 6.45) is 2.47. The number of hydrogen-bond acceptors (Lipinski definition) is 3. The second-order valence-electron chi connectivity index (χ2n) is 4.55. The Morgan fingerprint density at radius 1 is 1.29 bits per heavy atom. The number of nitrogens with one attached hydrogen (secondary N) is 1. The van der Waals surface area contributed by atoms with Crippen LogP contribution < -0.4 is 10.1 Å². The highest BCUT2D eigenvalue weighted by molar-refractivity contribution is 5.26. The van der Waals surface area contributed by atoms with Crippen molar-refractivity contribution in [3.63, 3.8) is 0 Å². The minimum Gasteiger partial charge on any atom is -0.497 e. The summed E-state index contributed by atoms with van der Waals surface area (Å²) >= 11 is 0. The van der Waals surface area contributed by atoms with E-state index in [0.717, 1.165) is 24.8 Å². The first-order valence-electron chi connectivity index (χ1n) is 6.30. The highest BCUT2D eigenvalue weighted by atomic mass is 16.5. The maximum absolute atomic E-state index is 5.69. The molecule has 0 spiro atoms. The molecular formula is C14H21NO2. The maximum atomic E-state index is 5.69. The Balaban J connectivity index is 1.63. The average Bonchev–Trinajstić information content (AvgIpc) is 2.88. The molecule has 1 unspecified atom stereocenters. The van der Waals surface area contributed by atoms with Gasteiger partial charge in [-0.2, -0.15) is 0 Å². The van der Waals surface area contributed by atoms with Crippen LogP contribution >= 0.6 is 0 Å². The molecule has 0 aromatic heterocycles. The molecule has 1 N–H and O–H groups in total. The van der Waals surface area contributed by atoms with Crippen molar-refractivity contribution in [3.05, 3.63) is 29.8 Å². The topological polar surface area (TPSA) is 30.5 Å². The first-order valence-corrected chi connectivity index (χ1v) is 6.30. The molecule has 0 saturated carbocycles. The molecule has 3 nitrogen and oxygen atoms in total. The summed E-state index contributed by atoms with van der Waals surface area (Å²) in [7, 11) is 1.68. The van der Waals surface area contributed by atoms with E-state index >= 15 is 0 Å². The predicted octanol–water partition coefficient (Wildman–Crippen LogP) is 2.21. The van der Waals surface area contributed by atoms with Crippen LogP contribution in [0.15, 0.2) is 24.3 Å². The molecule has 1 saturated heterocycles. The number of ether oxygens (including phenoxy) is 2. The van der Waals surface area contributed by atoms with Gasteiger partial charge in [0.25, 0.3) is 0 Å². The van der Waals surface area contributed by atoms with Crippen molar-refractivity contribution in [2.24, 2.45) is 5.92 Å². The molecule has 0 bridgehead atoms. The maximum Gasteiger partial charge on any atom is 0.118 e. The van der Waals surface area contributed by atoms with E-state index in [9.17, 15) is 0 Å². The van der Waals surface area contributed by atoms with Crippen molar-refractivity contribution in [2.45, 2.75) is 19.4 Å². The molecule has 17 heavy (non-hydrogen) atoms. The van der Waals surface area contributed by atoms with Gasteiger partial charge in [0.15, 0.2) is 0 Å². The van der Waals surface area contributed by atoms with Crippen LogP contribution in [0.1, 0.15) is 18.4 Å². The third kappa shape index (κ3) is 4.02. The molecule has 2 rings (SSSR count).